The molecule has 1 aromatic heterocycles. The summed E-state index contributed by atoms with van der Waals surface area (Å²) < 4.78 is 27.8. The fraction of sp³-hybridized carbons (Fsp3) is 0.500. The zero-order chi connectivity index (χ0) is 23.6. The molecule has 0 saturated carbocycles. The number of rotatable bonds is 6. The smallest absolute Gasteiger partial charge is 0.270 e. The van der Waals surface area contributed by atoms with Gasteiger partial charge < -0.3 is 15.2 Å². The minimum absolute atomic E-state index is 0.0652. The van der Waals surface area contributed by atoms with Crippen LogP contribution in [0, 0.1) is 5.92 Å². The van der Waals surface area contributed by atoms with Crippen LogP contribution in [0.15, 0.2) is 41.4 Å². The number of H-pyrrole nitrogens is 1. The second-order valence-corrected chi connectivity index (χ2v) is 11.2. The highest BCUT2D eigenvalue weighted by Crippen LogP contribution is 2.26. The molecule has 178 valence electrons. The Morgan fingerprint density at radius 1 is 1.06 bits per heavy atom. The molecule has 0 radical (unpaired) electrons. The number of carbonyl (C=O) groups is 2. The standard InChI is InChI=1S/C24H32N4O4S/c1-17(2)18-7-9-20(10-8-18)26-23(29)19-6-5-13-28(16-19)33(31,32)21-14-22(25-15-21)24(30)27-11-3-4-12-27/h7-10,14-15,17,19,25H,3-6,11-13,16H2,1-2H3,(H,26,29). The number of hydrogen-bond donors (Lipinski definition) is 2. The Morgan fingerprint density at radius 3 is 2.42 bits per heavy atom. The molecule has 1 aromatic carbocycles. The fourth-order valence-corrected chi connectivity index (χ4v) is 5.98. The first-order valence-electron chi connectivity index (χ1n) is 11.6. The maximum absolute atomic E-state index is 13.2. The number of anilines is 1. The molecule has 33 heavy (non-hydrogen) atoms. The molecule has 0 aliphatic carbocycles. The van der Waals surface area contributed by atoms with Gasteiger partial charge in [0, 0.05) is 38.1 Å². The van der Waals surface area contributed by atoms with Crippen molar-refractivity contribution in [1.29, 1.82) is 0 Å². The summed E-state index contributed by atoms with van der Waals surface area (Å²) in [5.74, 6) is -0.367. The maximum Gasteiger partial charge on any atom is 0.270 e. The van der Waals surface area contributed by atoms with Gasteiger partial charge in [0.2, 0.25) is 15.9 Å². The number of nitrogens with zero attached hydrogens (tertiary/aromatic N) is 2. The second-order valence-electron chi connectivity index (χ2n) is 9.22. The molecule has 0 bridgehead atoms. The summed E-state index contributed by atoms with van der Waals surface area (Å²) in [4.78, 5) is 30.0. The fourth-order valence-electron chi connectivity index (χ4n) is 4.46. The Hall–Kier alpha value is -2.65. The van der Waals surface area contributed by atoms with Crippen molar-refractivity contribution in [2.24, 2.45) is 5.92 Å². The molecule has 2 saturated heterocycles. The number of aromatic nitrogens is 1. The van der Waals surface area contributed by atoms with Crippen LogP contribution in [-0.4, -0.2) is 60.6 Å². The third-order valence-corrected chi connectivity index (χ3v) is 8.36. The average Bonchev–Trinajstić information content (AvgIpc) is 3.52. The van der Waals surface area contributed by atoms with Crippen molar-refractivity contribution in [3.8, 4) is 0 Å². The molecule has 2 aliphatic heterocycles. The SMILES string of the molecule is CC(C)c1ccc(NC(=O)C2CCCN(S(=O)(=O)c3c[nH]c(C(=O)N4CCCC4)c3)C2)cc1. The van der Waals surface area contributed by atoms with Gasteiger partial charge in [0.15, 0.2) is 0 Å². The van der Waals surface area contributed by atoms with E-state index in [4.69, 9.17) is 0 Å². The van der Waals surface area contributed by atoms with Crippen molar-refractivity contribution >= 4 is 27.5 Å². The Kier molecular flexibility index (Phi) is 6.90. The van der Waals surface area contributed by atoms with Crippen molar-refractivity contribution in [2.45, 2.75) is 50.3 Å². The van der Waals surface area contributed by atoms with E-state index in [9.17, 15) is 18.0 Å². The Balaban J connectivity index is 1.41. The van der Waals surface area contributed by atoms with Crippen LogP contribution in [0.25, 0.3) is 0 Å². The lowest BCUT2D eigenvalue weighted by Crippen LogP contribution is -2.43. The van der Waals surface area contributed by atoms with Gasteiger partial charge in [-0.3, -0.25) is 9.59 Å². The number of piperidine rings is 1. The van der Waals surface area contributed by atoms with Gasteiger partial charge in [-0.25, -0.2) is 8.42 Å². The molecule has 8 nitrogen and oxygen atoms in total. The normalized spacial score (nSPS) is 19.7. The second kappa shape index (κ2) is 9.69. The molecule has 1 unspecified atom stereocenters. The average molecular weight is 473 g/mol. The highest BCUT2D eigenvalue weighted by molar-refractivity contribution is 7.89. The zero-order valence-electron chi connectivity index (χ0n) is 19.2. The van der Waals surface area contributed by atoms with Crippen LogP contribution < -0.4 is 5.32 Å². The number of hydrogen-bond acceptors (Lipinski definition) is 4. The molecule has 2 aromatic rings. The molecular weight excluding hydrogens is 440 g/mol. The monoisotopic (exact) mass is 472 g/mol. The summed E-state index contributed by atoms with van der Waals surface area (Å²) in [6.45, 7) is 6.10. The number of sulfonamides is 1. The van der Waals surface area contributed by atoms with E-state index in [0.717, 1.165) is 12.8 Å². The first kappa shape index (κ1) is 23.5. The quantitative estimate of drug-likeness (QED) is 0.672. The molecule has 2 fully saturated rings. The van der Waals surface area contributed by atoms with Crippen LogP contribution in [0.3, 0.4) is 0 Å². The van der Waals surface area contributed by atoms with Gasteiger partial charge in [0.05, 0.1) is 5.92 Å². The van der Waals surface area contributed by atoms with Gasteiger partial charge in [0.25, 0.3) is 5.91 Å². The lowest BCUT2D eigenvalue weighted by Gasteiger charge is -2.31. The molecule has 1 atom stereocenters. The van der Waals surface area contributed by atoms with E-state index >= 15 is 0 Å². The topological polar surface area (TPSA) is 103 Å². The molecule has 0 spiro atoms. The van der Waals surface area contributed by atoms with E-state index in [1.807, 2.05) is 24.3 Å². The highest BCUT2D eigenvalue weighted by Gasteiger charge is 2.34. The van der Waals surface area contributed by atoms with Crippen molar-refractivity contribution in [2.75, 3.05) is 31.5 Å². The number of aromatic amines is 1. The molecule has 9 heteroatoms. The first-order chi connectivity index (χ1) is 15.8. The number of benzene rings is 1. The van der Waals surface area contributed by atoms with Crippen LogP contribution >= 0.6 is 0 Å². The van der Waals surface area contributed by atoms with E-state index in [2.05, 4.69) is 24.1 Å². The predicted octanol–water partition coefficient (Wildman–Crippen LogP) is 3.41. The van der Waals surface area contributed by atoms with E-state index in [0.29, 0.717) is 44.1 Å². The molecule has 2 amide bonds. The Bertz CT molecular complexity index is 1100. The van der Waals surface area contributed by atoms with Crippen molar-refractivity contribution in [1.82, 2.24) is 14.2 Å². The number of carbonyl (C=O) groups excluding carboxylic acids is 2. The predicted molar refractivity (Wildman–Crippen MR) is 127 cm³/mol. The van der Waals surface area contributed by atoms with Gasteiger partial charge >= 0.3 is 0 Å². The zero-order valence-corrected chi connectivity index (χ0v) is 20.0. The summed E-state index contributed by atoms with van der Waals surface area (Å²) in [5, 5.41) is 2.92. The summed E-state index contributed by atoms with van der Waals surface area (Å²) in [7, 11) is -3.80. The first-order valence-corrected chi connectivity index (χ1v) is 13.1. The minimum atomic E-state index is -3.80. The largest absolute Gasteiger partial charge is 0.356 e. The number of nitrogens with one attached hydrogen (secondary N) is 2. The molecular formula is C24H32N4O4S. The van der Waals surface area contributed by atoms with Gasteiger partial charge in [-0.1, -0.05) is 26.0 Å². The third kappa shape index (κ3) is 5.14. The van der Waals surface area contributed by atoms with Gasteiger partial charge in [-0.2, -0.15) is 4.31 Å². The van der Waals surface area contributed by atoms with Crippen LogP contribution in [0.2, 0.25) is 0 Å². The summed E-state index contributed by atoms with van der Waals surface area (Å²) >= 11 is 0. The number of likely N-dealkylation sites (tertiary alicyclic amines) is 1. The van der Waals surface area contributed by atoms with Gasteiger partial charge in [0.1, 0.15) is 10.6 Å². The number of amides is 2. The Labute approximate surface area is 195 Å². The summed E-state index contributed by atoms with van der Waals surface area (Å²) in [6.07, 6.45) is 4.55. The van der Waals surface area contributed by atoms with Crippen molar-refractivity contribution in [3.63, 3.8) is 0 Å². The lowest BCUT2D eigenvalue weighted by atomic mass is 9.98. The van der Waals surface area contributed by atoms with Crippen molar-refractivity contribution < 1.29 is 18.0 Å². The molecule has 4 rings (SSSR count). The third-order valence-electron chi connectivity index (χ3n) is 6.52. The highest BCUT2D eigenvalue weighted by atomic mass is 32.2. The van der Waals surface area contributed by atoms with Crippen molar-refractivity contribution in [3.05, 3.63) is 47.8 Å². The maximum atomic E-state index is 13.2. The summed E-state index contributed by atoms with van der Waals surface area (Å²) in [5.41, 5.74) is 2.18. The van der Waals surface area contributed by atoms with Gasteiger partial charge in [-0.15, -0.1) is 0 Å². The van der Waals surface area contributed by atoms with Crippen LogP contribution in [0.1, 0.15) is 61.5 Å². The van der Waals surface area contributed by atoms with E-state index < -0.39 is 15.9 Å². The van der Waals surface area contributed by atoms with Crippen LogP contribution in [0.4, 0.5) is 5.69 Å². The molecule has 2 N–H and O–H groups in total. The minimum Gasteiger partial charge on any atom is -0.356 e. The van der Waals surface area contributed by atoms with E-state index in [1.54, 1.807) is 4.90 Å². The molecule has 2 aliphatic rings. The lowest BCUT2D eigenvalue weighted by molar-refractivity contribution is -0.120. The molecule has 3 heterocycles. The van der Waals surface area contributed by atoms with Crippen LogP contribution in [0.5, 0.6) is 0 Å². The van der Waals surface area contributed by atoms with E-state index in [1.165, 1.54) is 22.1 Å². The van der Waals surface area contributed by atoms with Gasteiger partial charge in [-0.05, 0) is 55.4 Å². The Morgan fingerprint density at radius 2 is 1.76 bits per heavy atom. The summed E-state index contributed by atoms with van der Waals surface area (Å²) in [6, 6.07) is 9.15. The van der Waals surface area contributed by atoms with Crippen LogP contribution in [-0.2, 0) is 14.8 Å². The van der Waals surface area contributed by atoms with E-state index in [-0.39, 0.29) is 28.9 Å².